The number of carbonyl (C=O) groups is 1. The zero-order valence-electron chi connectivity index (χ0n) is 20.8. The Morgan fingerprint density at radius 2 is 1.97 bits per heavy atom. The van der Waals surface area contributed by atoms with Crippen LogP contribution in [0.2, 0.25) is 0 Å². The van der Waals surface area contributed by atoms with Crippen LogP contribution in [0.15, 0.2) is 47.0 Å². The zero-order chi connectivity index (χ0) is 26.5. The fourth-order valence-electron chi connectivity index (χ4n) is 3.58. The first-order chi connectivity index (χ1) is 17.7. The first-order valence-corrected chi connectivity index (χ1v) is 12.7. The van der Waals surface area contributed by atoms with E-state index in [0.29, 0.717) is 51.6 Å². The first kappa shape index (κ1) is 26.4. The number of halogens is 1. The highest BCUT2D eigenvalue weighted by atomic mass is 32.1. The number of benzene rings is 1. The summed E-state index contributed by atoms with van der Waals surface area (Å²) in [6.45, 7) is 6.59. The highest BCUT2D eigenvalue weighted by molar-refractivity contribution is 7.19. The smallest absolute Gasteiger partial charge is 0.251 e. The first-order valence-electron chi connectivity index (χ1n) is 11.9. The number of aliphatic hydroxyl groups is 1. The number of carbonyl (C=O) groups excluding carboxylic acids is 1. The SMILES string of the molecule is CC(C)c1noc(CNCc2cccc(Nc3sc(-c4ccc(C(C)CO)cc4F)cc3C(N)=O)n2)n1. The molecule has 9 nitrogen and oxygen atoms in total. The topological polar surface area (TPSA) is 139 Å². The van der Waals surface area contributed by atoms with Crippen molar-refractivity contribution in [3.8, 4) is 10.4 Å². The Bertz CT molecular complexity index is 1390. The molecule has 3 heterocycles. The maximum absolute atomic E-state index is 14.9. The monoisotopic (exact) mass is 524 g/mol. The third-order valence-electron chi connectivity index (χ3n) is 5.73. The number of nitrogens with zero attached hydrogens (tertiary/aromatic N) is 3. The quantitative estimate of drug-likeness (QED) is 0.222. The van der Waals surface area contributed by atoms with Gasteiger partial charge in [0.25, 0.3) is 5.91 Å². The standard InChI is InChI=1S/C26H29FN6O3S/c1-14(2)25-32-23(36-33-25)12-29-11-17-5-4-6-22(30-17)31-26-19(24(28)35)10-21(37-26)18-8-7-16(9-20(18)27)15(3)13-34/h4-10,14-15,29,34H,11-13H2,1-3H3,(H2,28,35)(H,30,31). The highest BCUT2D eigenvalue weighted by Gasteiger charge is 2.18. The molecule has 4 rings (SSSR count). The number of amides is 1. The molecule has 1 amide bonds. The second-order valence-electron chi connectivity index (χ2n) is 8.98. The van der Waals surface area contributed by atoms with E-state index < -0.39 is 11.7 Å². The van der Waals surface area contributed by atoms with Gasteiger partial charge < -0.3 is 26.0 Å². The maximum Gasteiger partial charge on any atom is 0.251 e. The van der Waals surface area contributed by atoms with Crippen LogP contribution in [0.3, 0.4) is 0 Å². The van der Waals surface area contributed by atoms with Crippen LogP contribution in [0.4, 0.5) is 15.2 Å². The van der Waals surface area contributed by atoms with Crippen molar-refractivity contribution in [2.24, 2.45) is 5.73 Å². The molecule has 3 aromatic heterocycles. The summed E-state index contributed by atoms with van der Waals surface area (Å²) >= 11 is 1.21. The largest absolute Gasteiger partial charge is 0.396 e. The summed E-state index contributed by atoms with van der Waals surface area (Å²) in [5.74, 6) is 0.628. The van der Waals surface area contributed by atoms with Crippen LogP contribution in [-0.4, -0.2) is 32.7 Å². The van der Waals surface area contributed by atoms with Crippen molar-refractivity contribution in [1.29, 1.82) is 0 Å². The van der Waals surface area contributed by atoms with Crippen molar-refractivity contribution >= 4 is 28.1 Å². The number of aliphatic hydroxyl groups excluding tert-OH is 1. The Labute approximate surface area is 217 Å². The summed E-state index contributed by atoms with van der Waals surface area (Å²) in [5, 5.41) is 20.1. The van der Waals surface area contributed by atoms with Gasteiger partial charge in [0.15, 0.2) is 5.82 Å². The molecular formula is C26H29FN6O3S. The number of primary amides is 1. The number of nitrogens with one attached hydrogen (secondary N) is 2. The van der Waals surface area contributed by atoms with E-state index in [0.717, 1.165) is 5.69 Å². The average molecular weight is 525 g/mol. The van der Waals surface area contributed by atoms with Crippen molar-refractivity contribution in [3.05, 3.63) is 76.8 Å². The van der Waals surface area contributed by atoms with Crippen LogP contribution in [0.5, 0.6) is 0 Å². The molecular weight excluding hydrogens is 495 g/mol. The van der Waals surface area contributed by atoms with Crippen LogP contribution in [0.1, 0.15) is 65.9 Å². The van der Waals surface area contributed by atoms with Crippen LogP contribution >= 0.6 is 11.3 Å². The summed E-state index contributed by atoms with van der Waals surface area (Å²) in [6.07, 6.45) is 0. The van der Waals surface area contributed by atoms with E-state index in [2.05, 4.69) is 25.8 Å². The minimum atomic E-state index is -0.630. The molecule has 0 spiro atoms. The van der Waals surface area contributed by atoms with Gasteiger partial charge in [-0.1, -0.05) is 44.1 Å². The van der Waals surface area contributed by atoms with Crippen LogP contribution in [0, 0.1) is 5.82 Å². The van der Waals surface area contributed by atoms with E-state index in [4.69, 9.17) is 10.3 Å². The Morgan fingerprint density at radius 3 is 2.65 bits per heavy atom. The lowest BCUT2D eigenvalue weighted by Gasteiger charge is -2.10. The predicted molar refractivity (Wildman–Crippen MR) is 140 cm³/mol. The number of hydrogen-bond acceptors (Lipinski definition) is 9. The van der Waals surface area contributed by atoms with E-state index in [1.807, 2.05) is 32.9 Å². The summed E-state index contributed by atoms with van der Waals surface area (Å²) in [4.78, 5) is 21.6. The molecule has 1 unspecified atom stereocenters. The number of aromatic nitrogens is 3. The fraction of sp³-hybridized carbons (Fsp3) is 0.308. The summed E-state index contributed by atoms with van der Waals surface area (Å²) in [5.41, 5.74) is 7.65. The summed E-state index contributed by atoms with van der Waals surface area (Å²) in [6, 6.07) is 11.9. The lowest BCUT2D eigenvalue weighted by molar-refractivity contribution is 0.100. The van der Waals surface area contributed by atoms with Gasteiger partial charge in [-0.2, -0.15) is 4.98 Å². The lowest BCUT2D eigenvalue weighted by atomic mass is 9.99. The van der Waals surface area contributed by atoms with Crippen molar-refractivity contribution < 1.29 is 18.8 Å². The minimum absolute atomic E-state index is 0.0741. The van der Waals surface area contributed by atoms with Gasteiger partial charge in [-0.15, -0.1) is 11.3 Å². The molecule has 194 valence electrons. The molecule has 0 aliphatic heterocycles. The minimum Gasteiger partial charge on any atom is -0.396 e. The number of nitrogens with two attached hydrogens (primary N) is 1. The lowest BCUT2D eigenvalue weighted by Crippen LogP contribution is -2.14. The van der Waals surface area contributed by atoms with Crippen LogP contribution in [0.25, 0.3) is 10.4 Å². The van der Waals surface area contributed by atoms with Crippen molar-refractivity contribution in [2.45, 2.75) is 45.7 Å². The molecule has 0 aliphatic rings. The number of thiophene rings is 1. The van der Waals surface area contributed by atoms with Gasteiger partial charge in [0, 0.05) is 35.4 Å². The van der Waals surface area contributed by atoms with Crippen molar-refractivity contribution in [2.75, 3.05) is 11.9 Å². The molecule has 0 radical (unpaired) electrons. The fourth-order valence-corrected chi connectivity index (χ4v) is 4.68. The number of anilines is 2. The molecule has 11 heteroatoms. The zero-order valence-corrected chi connectivity index (χ0v) is 21.6. The number of pyridine rings is 1. The van der Waals surface area contributed by atoms with Gasteiger partial charge in [-0.05, 0) is 29.8 Å². The normalized spacial score (nSPS) is 12.2. The van der Waals surface area contributed by atoms with Gasteiger partial charge in [-0.25, -0.2) is 9.37 Å². The summed E-state index contributed by atoms with van der Waals surface area (Å²) in [7, 11) is 0. The second-order valence-corrected chi connectivity index (χ2v) is 10.0. The summed E-state index contributed by atoms with van der Waals surface area (Å²) < 4.78 is 20.1. The van der Waals surface area contributed by atoms with Gasteiger partial charge in [0.1, 0.15) is 16.6 Å². The second kappa shape index (κ2) is 11.6. The molecule has 4 aromatic rings. The molecule has 0 fully saturated rings. The van der Waals surface area contributed by atoms with Crippen molar-refractivity contribution in [1.82, 2.24) is 20.4 Å². The van der Waals surface area contributed by atoms with E-state index in [1.165, 1.54) is 17.4 Å². The predicted octanol–water partition coefficient (Wildman–Crippen LogP) is 4.68. The van der Waals surface area contributed by atoms with Gasteiger partial charge in [0.05, 0.1) is 17.8 Å². The molecule has 0 saturated heterocycles. The molecule has 0 saturated carbocycles. The molecule has 5 N–H and O–H groups in total. The average Bonchev–Trinajstić information content (AvgIpc) is 3.51. The van der Waals surface area contributed by atoms with Crippen molar-refractivity contribution in [3.63, 3.8) is 0 Å². The molecule has 37 heavy (non-hydrogen) atoms. The molecule has 1 aromatic carbocycles. The van der Waals surface area contributed by atoms with Crippen LogP contribution < -0.4 is 16.4 Å². The van der Waals surface area contributed by atoms with Gasteiger partial charge in [0.2, 0.25) is 5.89 Å². The molecule has 1 atom stereocenters. The Morgan fingerprint density at radius 1 is 1.16 bits per heavy atom. The van der Waals surface area contributed by atoms with E-state index in [-0.39, 0.29) is 24.0 Å². The Hall–Kier alpha value is -3.67. The number of hydrogen-bond donors (Lipinski definition) is 4. The third kappa shape index (κ3) is 6.37. The Kier molecular flexibility index (Phi) is 8.27. The van der Waals surface area contributed by atoms with Crippen LogP contribution in [-0.2, 0) is 13.1 Å². The third-order valence-corrected chi connectivity index (χ3v) is 6.81. The van der Waals surface area contributed by atoms with Gasteiger partial charge >= 0.3 is 0 Å². The molecule has 0 bridgehead atoms. The highest BCUT2D eigenvalue weighted by Crippen LogP contribution is 2.38. The van der Waals surface area contributed by atoms with E-state index in [1.54, 1.807) is 24.3 Å². The maximum atomic E-state index is 14.9. The van der Waals surface area contributed by atoms with Gasteiger partial charge in [-0.3, -0.25) is 4.79 Å². The molecule has 0 aliphatic carbocycles. The Balaban J connectivity index is 1.48. The van der Waals surface area contributed by atoms with E-state index in [9.17, 15) is 14.3 Å². The van der Waals surface area contributed by atoms with E-state index >= 15 is 0 Å². The number of rotatable bonds is 11.